The summed E-state index contributed by atoms with van der Waals surface area (Å²) >= 11 is 0. The van der Waals surface area contributed by atoms with Gasteiger partial charge in [0.1, 0.15) is 11.6 Å². The molecule has 16 heavy (non-hydrogen) atoms. The summed E-state index contributed by atoms with van der Waals surface area (Å²) in [5.74, 6) is -0.285. The van der Waals surface area contributed by atoms with Crippen LogP contribution in [0.2, 0.25) is 0 Å². The second kappa shape index (κ2) is 5.97. The molecule has 0 nitrogen and oxygen atoms in total. The molecule has 0 fully saturated rings. The van der Waals surface area contributed by atoms with Crippen molar-refractivity contribution in [2.45, 2.75) is 46.0 Å². The molecular weight excluding hydrogens is 206 g/mol. The third-order valence-corrected chi connectivity index (χ3v) is 2.99. The molecule has 1 aromatic carbocycles. The lowest BCUT2D eigenvalue weighted by atomic mass is 9.84. The Balaban J connectivity index is 2.91. The van der Waals surface area contributed by atoms with Crippen LogP contribution >= 0.6 is 0 Å². The number of halogens is 2. The van der Waals surface area contributed by atoms with E-state index in [4.69, 9.17) is 0 Å². The molecule has 0 N–H and O–H groups in total. The topological polar surface area (TPSA) is 0 Å². The van der Waals surface area contributed by atoms with Crippen LogP contribution in [0, 0.1) is 17.6 Å². The molecule has 2 heteroatoms. The van der Waals surface area contributed by atoms with E-state index in [0.29, 0.717) is 5.92 Å². The van der Waals surface area contributed by atoms with E-state index in [2.05, 4.69) is 20.8 Å². The summed E-state index contributed by atoms with van der Waals surface area (Å²) in [4.78, 5) is 0. The van der Waals surface area contributed by atoms with Gasteiger partial charge in [-0.15, -0.1) is 0 Å². The highest BCUT2D eigenvalue weighted by Gasteiger charge is 2.16. The highest BCUT2D eigenvalue weighted by Crippen LogP contribution is 2.30. The summed E-state index contributed by atoms with van der Waals surface area (Å²) in [5.41, 5.74) is 0.793. The minimum absolute atomic E-state index is 0.255. The van der Waals surface area contributed by atoms with E-state index in [1.165, 1.54) is 12.1 Å². The predicted octanol–water partition coefficient (Wildman–Crippen LogP) is 4.89. The van der Waals surface area contributed by atoms with Crippen molar-refractivity contribution in [2.75, 3.05) is 0 Å². The molecule has 1 unspecified atom stereocenters. The van der Waals surface area contributed by atoms with Crippen molar-refractivity contribution >= 4 is 0 Å². The van der Waals surface area contributed by atoms with Gasteiger partial charge in [0.2, 0.25) is 0 Å². The zero-order valence-electron chi connectivity index (χ0n) is 10.3. The Hall–Kier alpha value is -0.920. The predicted molar refractivity (Wildman–Crippen MR) is 63.5 cm³/mol. The van der Waals surface area contributed by atoms with Crippen LogP contribution in [-0.4, -0.2) is 0 Å². The van der Waals surface area contributed by atoms with Crippen LogP contribution in [0.15, 0.2) is 18.2 Å². The van der Waals surface area contributed by atoms with Gasteiger partial charge < -0.3 is 0 Å². The molecule has 1 aromatic rings. The van der Waals surface area contributed by atoms with Gasteiger partial charge in [0, 0.05) is 6.07 Å². The maximum absolute atomic E-state index is 13.1. The van der Waals surface area contributed by atoms with Crippen molar-refractivity contribution in [1.82, 2.24) is 0 Å². The Kier molecular flexibility index (Phi) is 4.91. The first kappa shape index (κ1) is 13.1. The van der Waals surface area contributed by atoms with E-state index in [-0.39, 0.29) is 5.92 Å². The number of rotatable bonds is 5. The number of benzene rings is 1. The molecule has 0 aromatic heterocycles. The summed E-state index contributed by atoms with van der Waals surface area (Å²) in [7, 11) is 0. The van der Waals surface area contributed by atoms with Gasteiger partial charge >= 0.3 is 0 Å². The smallest absolute Gasteiger partial charge is 0.126 e. The molecule has 1 rings (SSSR count). The van der Waals surface area contributed by atoms with Crippen LogP contribution in [0.1, 0.15) is 51.5 Å². The molecule has 90 valence electrons. The Labute approximate surface area is 96.7 Å². The van der Waals surface area contributed by atoms with E-state index in [1.807, 2.05) is 0 Å². The average Bonchev–Trinajstić information content (AvgIpc) is 2.16. The summed E-state index contributed by atoms with van der Waals surface area (Å²) in [6.07, 6.45) is 3.21. The molecule has 0 saturated carbocycles. The summed E-state index contributed by atoms with van der Waals surface area (Å²) in [6.45, 7) is 6.33. The largest absolute Gasteiger partial charge is 0.207 e. The first-order chi connectivity index (χ1) is 7.54. The monoisotopic (exact) mass is 226 g/mol. The van der Waals surface area contributed by atoms with E-state index < -0.39 is 11.6 Å². The highest BCUT2D eigenvalue weighted by molar-refractivity contribution is 5.22. The van der Waals surface area contributed by atoms with Crippen LogP contribution < -0.4 is 0 Å². The zero-order chi connectivity index (χ0) is 12.1. The lowest BCUT2D eigenvalue weighted by Gasteiger charge is -2.21. The van der Waals surface area contributed by atoms with Crippen LogP contribution in [0.5, 0.6) is 0 Å². The Morgan fingerprint density at radius 2 is 1.62 bits per heavy atom. The van der Waals surface area contributed by atoms with E-state index in [9.17, 15) is 8.78 Å². The molecule has 0 saturated heterocycles. The van der Waals surface area contributed by atoms with Crippen molar-refractivity contribution < 1.29 is 8.78 Å². The third-order valence-electron chi connectivity index (χ3n) is 2.99. The molecule has 0 aliphatic heterocycles. The van der Waals surface area contributed by atoms with Gasteiger partial charge in [-0.3, -0.25) is 0 Å². The Morgan fingerprint density at radius 3 is 2.06 bits per heavy atom. The van der Waals surface area contributed by atoms with E-state index >= 15 is 0 Å². The Bertz CT molecular complexity index is 311. The Morgan fingerprint density at radius 1 is 1.06 bits per heavy atom. The summed E-state index contributed by atoms with van der Waals surface area (Å²) in [6, 6.07) is 3.85. The zero-order valence-corrected chi connectivity index (χ0v) is 10.3. The minimum Gasteiger partial charge on any atom is -0.207 e. The number of hydrogen-bond acceptors (Lipinski definition) is 0. The third kappa shape index (κ3) is 3.58. The molecule has 0 spiro atoms. The molecule has 0 aliphatic carbocycles. The van der Waals surface area contributed by atoms with Crippen molar-refractivity contribution in [3.8, 4) is 0 Å². The van der Waals surface area contributed by atoms with Gasteiger partial charge in [0.15, 0.2) is 0 Å². The fourth-order valence-electron chi connectivity index (χ4n) is 2.10. The first-order valence-electron chi connectivity index (χ1n) is 6.00. The summed E-state index contributed by atoms with van der Waals surface area (Å²) < 4.78 is 26.3. The van der Waals surface area contributed by atoms with Gasteiger partial charge in [0.05, 0.1) is 0 Å². The van der Waals surface area contributed by atoms with E-state index in [1.54, 1.807) is 0 Å². The molecule has 0 radical (unpaired) electrons. The van der Waals surface area contributed by atoms with Gasteiger partial charge in [-0.25, -0.2) is 8.78 Å². The fraction of sp³-hybridized carbons (Fsp3) is 0.571. The average molecular weight is 226 g/mol. The standard InChI is InChI=1S/C14H20F2/c1-4-5-6-14(10(2)3)11-7-12(15)9-13(16)8-11/h7-10,14H,4-6H2,1-3H3. The molecule has 1 atom stereocenters. The summed E-state index contributed by atoms with van der Waals surface area (Å²) in [5, 5.41) is 0. The fourth-order valence-corrected chi connectivity index (χ4v) is 2.10. The maximum atomic E-state index is 13.1. The molecule has 0 heterocycles. The lowest BCUT2D eigenvalue weighted by Crippen LogP contribution is -2.07. The number of hydrogen-bond donors (Lipinski definition) is 0. The van der Waals surface area contributed by atoms with Gasteiger partial charge in [-0.1, -0.05) is 33.6 Å². The maximum Gasteiger partial charge on any atom is 0.126 e. The quantitative estimate of drug-likeness (QED) is 0.670. The van der Waals surface area contributed by atoms with Crippen molar-refractivity contribution in [1.29, 1.82) is 0 Å². The molecule has 0 amide bonds. The minimum atomic E-state index is -0.475. The molecule has 0 aliphatic rings. The second-order valence-corrected chi connectivity index (χ2v) is 4.70. The molecule has 0 bridgehead atoms. The molecular formula is C14H20F2. The van der Waals surface area contributed by atoms with E-state index in [0.717, 1.165) is 30.9 Å². The van der Waals surface area contributed by atoms with Crippen LogP contribution in [0.4, 0.5) is 8.78 Å². The highest BCUT2D eigenvalue weighted by atomic mass is 19.1. The van der Waals surface area contributed by atoms with Gasteiger partial charge in [-0.2, -0.15) is 0 Å². The van der Waals surface area contributed by atoms with Crippen LogP contribution in [-0.2, 0) is 0 Å². The lowest BCUT2D eigenvalue weighted by molar-refractivity contribution is 0.447. The van der Waals surface area contributed by atoms with Crippen molar-refractivity contribution in [3.63, 3.8) is 0 Å². The first-order valence-corrected chi connectivity index (χ1v) is 6.00. The van der Waals surface area contributed by atoms with Gasteiger partial charge in [-0.05, 0) is 36.0 Å². The van der Waals surface area contributed by atoms with Crippen molar-refractivity contribution in [3.05, 3.63) is 35.4 Å². The van der Waals surface area contributed by atoms with Gasteiger partial charge in [0.25, 0.3) is 0 Å². The van der Waals surface area contributed by atoms with Crippen molar-refractivity contribution in [2.24, 2.45) is 5.92 Å². The number of unbranched alkanes of at least 4 members (excludes halogenated alkanes) is 1. The van der Waals surface area contributed by atoms with Crippen LogP contribution in [0.25, 0.3) is 0 Å². The van der Waals surface area contributed by atoms with Crippen LogP contribution in [0.3, 0.4) is 0 Å². The second-order valence-electron chi connectivity index (χ2n) is 4.70. The SMILES string of the molecule is CCCCC(c1cc(F)cc(F)c1)C(C)C. The normalized spacial score (nSPS) is 13.1.